The zero-order chi connectivity index (χ0) is 19.9. The van der Waals surface area contributed by atoms with Crippen molar-refractivity contribution in [1.82, 2.24) is 19.9 Å². The second kappa shape index (κ2) is 9.02. The monoisotopic (exact) mass is 378 g/mol. The van der Waals surface area contributed by atoms with Gasteiger partial charge in [0.25, 0.3) is 0 Å². The maximum absolute atomic E-state index is 4.81. The molecule has 0 fully saturated rings. The molecule has 4 heteroatoms. The van der Waals surface area contributed by atoms with Crippen LogP contribution in [-0.4, -0.2) is 19.9 Å². The molecule has 0 atom stereocenters. The van der Waals surface area contributed by atoms with E-state index < -0.39 is 0 Å². The van der Waals surface area contributed by atoms with Gasteiger partial charge in [0.2, 0.25) is 0 Å². The SMILES string of the molecule is C=Cc1cccnc1-c1cccc(CCCc2cccc(-c3ccccn3)n2)n1. The molecule has 4 rings (SSSR count). The Bertz CT molecular complexity index is 1110. The van der Waals surface area contributed by atoms with Crippen LogP contribution in [0, 0.1) is 0 Å². The zero-order valence-corrected chi connectivity index (χ0v) is 16.2. The molecule has 0 unspecified atom stereocenters. The van der Waals surface area contributed by atoms with E-state index in [9.17, 15) is 0 Å². The highest BCUT2D eigenvalue weighted by molar-refractivity contribution is 5.68. The second-order valence-electron chi connectivity index (χ2n) is 6.74. The number of nitrogens with zero attached hydrogens (tertiary/aromatic N) is 4. The molecule has 4 heterocycles. The second-order valence-corrected chi connectivity index (χ2v) is 6.74. The molecule has 29 heavy (non-hydrogen) atoms. The fraction of sp³-hybridized carbons (Fsp3) is 0.120. The summed E-state index contributed by atoms with van der Waals surface area (Å²) in [5.74, 6) is 0. The van der Waals surface area contributed by atoms with Gasteiger partial charge in [0, 0.05) is 29.3 Å². The van der Waals surface area contributed by atoms with E-state index in [1.54, 1.807) is 12.4 Å². The lowest BCUT2D eigenvalue weighted by Gasteiger charge is -2.07. The van der Waals surface area contributed by atoms with Crippen LogP contribution in [0.2, 0.25) is 0 Å². The van der Waals surface area contributed by atoms with Crippen LogP contribution in [-0.2, 0) is 12.8 Å². The van der Waals surface area contributed by atoms with Crippen molar-refractivity contribution in [1.29, 1.82) is 0 Å². The average molecular weight is 378 g/mol. The summed E-state index contributed by atoms with van der Waals surface area (Å²) in [6.07, 6.45) is 8.16. The quantitative estimate of drug-likeness (QED) is 0.431. The topological polar surface area (TPSA) is 51.6 Å². The number of hydrogen-bond donors (Lipinski definition) is 0. The molecule has 0 aliphatic heterocycles. The van der Waals surface area contributed by atoms with Gasteiger partial charge in [-0.2, -0.15) is 0 Å². The number of aryl methyl sites for hydroxylation is 2. The standard InChI is InChI=1S/C25H22N4/c1-2-19-9-8-18-27-25(19)24-16-7-13-21(29-24)11-5-10-20-12-6-15-23(28-20)22-14-3-4-17-26-22/h2-4,6-9,12-18H,1,5,10-11H2. The smallest absolute Gasteiger partial charge is 0.0958 e. The van der Waals surface area contributed by atoms with E-state index in [0.717, 1.165) is 59.0 Å². The van der Waals surface area contributed by atoms with Gasteiger partial charge in [-0.05, 0) is 61.7 Å². The van der Waals surface area contributed by atoms with Crippen molar-refractivity contribution < 1.29 is 0 Å². The maximum atomic E-state index is 4.81. The maximum Gasteiger partial charge on any atom is 0.0958 e. The normalized spacial score (nSPS) is 10.6. The molecule has 0 saturated carbocycles. The first-order chi connectivity index (χ1) is 14.3. The van der Waals surface area contributed by atoms with Crippen LogP contribution in [0.15, 0.2) is 85.7 Å². The summed E-state index contributed by atoms with van der Waals surface area (Å²) in [4.78, 5) is 18.4. The van der Waals surface area contributed by atoms with E-state index in [4.69, 9.17) is 9.97 Å². The van der Waals surface area contributed by atoms with Gasteiger partial charge in [0.05, 0.1) is 22.8 Å². The predicted molar refractivity (Wildman–Crippen MR) is 117 cm³/mol. The first-order valence-electron chi connectivity index (χ1n) is 9.74. The zero-order valence-electron chi connectivity index (χ0n) is 16.2. The number of aromatic nitrogens is 4. The van der Waals surface area contributed by atoms with Crippen molar-refractivity contribution in [2.24, 2.45) is 0 Å². The van der Waals surface area contributed by atoms with Crippen LogP contribution < -0.4 is 0 Å². The minimum absolute atomic E-state index is 0.870. The van der Waals surface area contributed by atoms with Crippen molar-refractivity contribution in [2.75, 3.05) is 0 Å². The summed E-state index contributed by atoms with van der Waals surface area (Å²) in [6.45, 7) is 3.87. The molecule has 4 aromatic rings. The molecular formula is C25H22N4. The van der Waals surface area contributed by atoms with Crippen molar-refractivity contribution in [3.63, 3.8) is 0 Å². The lowest BCUT2D eigenvalue weighted by molar-refractivity contribution is 0.782. The first kappa shape index (κ1) is 18.7. The van der Waals surface area contributed by atoms with Crippen molar-refractivity contribution >= 4 is 6.08 Å². The summed E-state index contributed by atoms with van der Waals surface area (Å²) < 4.78 is 0. The molecule has 0 bridgehead atoms. The average Bonchev–Trinajstić information content (AvgIpc) is 2.80. The largest absolute Gasteiger partial charge is 0.255 e. The van der Waals surface area contributed by atoms with Crippen LogP contribution in [0.25, 0.3) is 28.9 Å². The lowest BCUT2D eigenvalue weighted by Crippen LogP contribution is -1.98. The minimum atomic E-state index is 0.870. The van der Waals surface area contributed by atoms with Crippen molar-refractivity contribution in [2.45, 2.75) is 19.3 Å². The van der Waals surface area contributed by atoms with Gasteiger partial charge in [-0.25, -0.2) is 0 Å². The molecule has 0 aliphatic rings. The van der Waals surface area contributed by atoms with Gasteiger partial charge < -0.3 is 0 Å². The number of hydrogen-bond acceptors (Lipinski definition) is 4. The van der Waals surface area contributed by atoms with E-state index in [0.29, 0.717) is 0 Å². The van der Waals surface area contributed by atoms with E-state index >= 15 is 0 Å². The van der Waals surface area contributed by atoms with Crippen molar-refractivity contribution in [3.05, 3.63) is 103 Å². The fourth-order valence-electron chi connectivity index (χ4n) is 3.27. The Morgan fingerprint density at radius 1 is 0.655 bits per heavy atom. The minimum Gasteiger partial charge on any atom is -0.255 e. The number of pyridine rings is 4. The molecule has 0 amide bonds. The highest BCUT2D eigenvalue weighted by Crippen LogP contribution is 2.21. The summed E-state index contributed by atoms with van der Waals surface area (Å²) in [6, 6.07) is 22.0. The van der Waals surface area contributed by atoms with E-state index in [2.05, 4.69) is 28.7 Å². The Hall–Kier alpha value is -3.66. The third kappa shape index (κ3) is 4.61. The summed E-state index contributed by atoms with van der Waals surface area (Å²) in [7, 11) is 0. The van der Waals surface area contributed by atoms with Crippen LogP contribution in [0.5, 0.6) is 0 Å². The van der Waals surface area contributed by atoms with Gasteiger partial charge in [-0.15, -0.1) is 0 Å². The third-order valence-electron chi connectivity index (χ3n) is 4.71. The molecule has 0 spiro atoms. The van der Waals surface area contributed by atoms with Crippen LogP contribution >= 0.6 is 0 Å². The van der Waals surface area contributed by atoms with Gasteiger partial charge in [0.15, 0.2) is 0 Å². The molecule has 0 saturated heterocycles. The Morgan fingerprint density at radius 2 is 1.34 bits per heavy atom. The van der Waals surface area contributed by atoms with Gasteiger partial charge in [0.1, 0.15) is 0 Å². The molecule has 142 valence electrons. The van der Waals surface area contributed by atoms with Crippen molar-refractivity contribution in [3.8, 4) is 22.8 Å². The molecule has 0 N–H and O–H groups in total. The Balaban J connectivity index is 1.44. The molecule has 4 aromatic heterocycles. The summed E-state index contributed by atoms with van der Waals surface area (Å²) in [5.41, 5.74) is 6.69. The molecule has 0 aromatic carbocycles. The highest BCUT2D eigenvalue weighted by atomic mass is 14.8. The Labute approximate surface area is 171 Å². The lowest BCUT2D eigenvalue weighted by atomic mass is 10.1. The summed E-state index contributed by atoms with van der Waals surface area (Å²) >= 11 is 0. The highest BCUT2D eigenvalue weighted by Gasteiger charge is 2.07. The predicted octanol–water partition coefficient (Wildman–Crippen LogP) is 5.42. The fourth-order valence-corrected chi connectivity index (χ4v) is 3.27. The van der Waals surface area contributed by atoms with E-state index in [1.165, 1.54) is 0 Å². The van der Waals surface area contributed by atoms with E-state index in [-0.39, 0.29) is 0 Å². The van der Waals surface area contributed by atoms with Gasteiger partial charge in [-0.1, -0.05) is 36.9 Å². The van der Waals surface area contributed by atoms with Gasteiger partial charge in [-0.3, -0.25) is 19.9 Å². The van der Waals surface area contributed by atoms with E-state index in [1.807, 2.05) is 60.7 Å². The summed E-state index contributed by atoms with van der Waals surface area (Å²) in [5, 5.41) is 0. The Kier molecular flexibility index (Phi) is 5.81. The van der Waals surface area contributed by atoms with Crippen LogP contribution in [0.1, 0.15) is 23.4 Å². The Morgan fingerprint density at radius 3 is 2.07 bits per heavy atom. The number of rotatable bonds is 7. The van der Waals surface area contributed by atoms with Gasteiger partial charge >= 0.3 is 0 Å². The molecule has 0 radical (unpaired) electrons. The molecule has 0 aliphatic carbocycles. The molecule has 4 nitrogen and oxygen atoms in total. The van der Waals surface area contributed by atoms with Crippen LogP contribution in [0.3, 0.4) is 0 Å². The first-order valence-corrected chi connectivity index (χ1v) is 9.74. The molecular weight excluding hydrogens is 356 g/mol. The van der Waals surface area contributed by atoms with Crippen LogP contribution in [0.4, 0.5) is 0 Å². The third-order valence-corrected chi connectivity index (χ3v) is 4.71.